The Morgan fingerprint density at radius 3 is 2.06 bits per heavy atom. The molecule has 0 radical (unpaired) electrons. The van der Waals surface area contributed by atoms with Crippen LogP contribution in [0.3, 0.4) is 0 Å². The number of aromatic hydroxyl groups is 1. The SMILES string of the molecule is C1CCC2=[N+](CC1)CCCN2.CC(c1ccc([O-])cc1)(c1ccc(O)cc1)C(F)(F)F. The Hall–Kier alpha value is -2.70. The number of phenolic OH excluding ortho intramolecular Hbond substituents is 1. The molecule has 2 aromatic carbocycles. The van der Waals surface area contributed by atoms with Crippen molar-refractivity contribution in [2.24, 2.45) is 0 Å². The first-order valence-electron chi connectivity index (χ1n) is 10.7. The van der Waals surface area contributed by atoms with Crippen LogP contribution in [0.25, 0.3) is 0 Å². The maximum absolute atomic E-state index is 13.5. The lowest BCUT2D eigenvalue weighted by Crippen LogP contribution is -2.40. The van der Waals surface area contributed by atoms with E-state index in [2.05, 4.69) is 9.89 Å². The van der Waals surface area contributed by atoms with Gasteiger partial charge in [-0.25, -0.2) is 0 Å². The van der Waals surface area contributed by atoms with Crippen LogP contribution >= 0.6 is 0 Å². The molecule has 2 aliphatic heterocycles. The molecule has 31 heavy (non-hydrogen) atoms. The van der Waals surface area contributed by atoms with Crippen LogP contribution in [0.2, 0.25) is 0 Å². The van der Waals surface area contributed by atoms with Gasteiger partial charge >= 0.3 is 6.18 Å². The lowest BCUT2D eigenvalue weighted by molar-refractivity contribution is -0.534. The molecule has 0 aliphatic carbocycles. The van der Waals surface area contributed by atoms with Crippen molar-refractivity contribution < 1.29 is 28.0 Å². The maximum atomic E-state index is 13.5. The van der Waals surface area contributed by atoms with Gasteiger partial charge in [-0.15, -0.1) is 5.75 Å². The second-order valence-electron chi connectivity index (χ2n) is 8.22. The van der Waals surface area contributed by atoms with Crippen LogP contribution in [-0.4, -0.2) is 41.3 Å². The van der Waals surface area contributed by atoms with Gasteiger partial charge in [-0.3, -0.25) is 9.89 Å². The monoisotopic (exact) mass is 434 g/mol. The third-order valence-corrected chi connectivity index (χ3v) is 6.10. The Morgan fingerprint density at radius 1 is 0.871 bits per heavy atom. The molecule has 0 spiro atoms. The van der Waals surface area contributed by atoms with Gasteiger partial charge in [-0.1, -0.05) is 36.4 Å². The van der Waals surface area contributed by atoms with E-state index in [0.29, 0.717) is 0 Å². The lowest BCUT2D eigenvalue weighted by atomic mass is 9.75. The third-order valence-electron chi connectivity index (χ3n) is 6.10. The first-order chi connectivity index (χ1) is 14.7. The number of nitrogens with one attached hydrogen (secondary N) is 1. The van der Waals surface area contributed by atoms with E-state index in [9.17, 15) is 23.4 Å². The topological polar surface area (TPSA) is 58.3 Å². The summed E-state index contributed by atoms with van der Waals surface area (Å²) in [5.74, 6) is 1.07. The molecule has 0 aromatic heterocycles. The number of rotatable bonds is 2. The zero-order valence-electron chi connectivity index (χ0n) is 17.7. The maximum Gasteiger partial charge on any atom is 0.402 e. The molecular weight excluding hydrogens is 405 g/mol. The smallest absolute Gasteiger partial charge is 0.402 e. The largest absolute Gasteiger partial charge is 0.872 e. The molecule has 0 fully saturated rings. The Bertz CT molecular complexity index is 827. The minimum atomic E-state index is -4.53. The molecule has 0 saturated heterocycles. The molecule has 4 rings (SSSR count). The zero-order valence-corrected chi connectivity index (χ0v) is 17.7. The number of halogens is 3. The van der Waals surface area contributed by atoms with Crippen molar-refractivity contribution in [3.05, 3.63) is 59.7 Å². The molecule has 4 nitrogen and oxygen atoms in total. The van der Waals surface area contributed by atoms with Crippen molar-refractivity contribution in [2.75, 3.05) is 19.6 Å². The number of hydrogen-bond acceptors (Lipinski definition) is 3. The van der Waals surface area contributed by atoms with Crippen LogP contribution in [0.15, 0.2) is 48.5 Å². The predicted molar refractivity (Wildman–Crippen MR) is 113 cm³/mol. The summed E-state index contributed by atoms with van der Waals surface area (Å²) in [5.41, 5.74) is -2.26. The van der Waals surface area contributed by atoms with Gasteiger partial charge in [-0.2, -0.15) is 13.2 Å². The van der Waals surface area contributed by atoms with Crippen molar-refractivity contribution >= 4 is 5.84 Å². The third kappa shape index (κ3) is 5.32. The van der Waals surface area contributed by atoms with Crippen molar-refractivity contribution in [3.63, 3.8) is 0 Å². The first-order valence-corrected chi connectivity index (χ1v) is 10.7. The lowest BCUT2D eigenvalue weighted by Gasteiger charge is -2.33. The van der Waals surface area contributed by atoms with Crippen LogP contribution in [0.1, 0.15) is 50.2 Å². The Labute approximate surface area is 181 Å². The van der Waals surface area contributed by atoms with Gasteiger partial charge in [0.05, 0.1) is 19.6 Å². The summed E-state index contributed by atoms with van der Waals surface area (Å²) in [6.45, 7) is 4.84. The second-order valence-corrected chi connectivity index (χ2v) is 8.22. The van der Waals surface area contributed by atoms with Gasteiger partial charge in [0.25, 0.3) is 0 Å². The van der Waals surface area contributed by atoms with E-state index in [4.69, 9.17) is 0 Å². The normalized spacial score (nSPS) is 18.6. The van der Waals surface area contributed by atoms with Gasteiger partial charge in [0.1, 0.15) is 11.2 Å². The zero-order chi connectivity index (χ0) is 22.5. The van der Waals surface area contributed by atoms with Gasteiger partial charge < -0.3 is 10.2 Å². The molecule has 2 heterocycles. The predicted octanol–water partition coefficient (Wildman–Crippen LogP) is 4.30. The second kappa shape index (κ2) is 9.62. The summed E-state index contributed by atoms with van der Waals surface area (Å²) in [4.78, 5) is 0. The average Bonchev–Trinajstić information content (AvgIpc) is 2.99. The fourth-order valence-electron chi connectivity index (χ4n) is 4.09. The first kappa shape index (κ1) is 23.0. The van der Waals surface area contributed by atoms with Gasteiger partial charge in [-0.05, 0) is 49.4 Å². The van der Waals surface area contributed by atoms with Gasteiger partial charge in [0, 0.05) is 12.8 Å². The Morgan fingerprint density at radius 2 is 1.45 bits per heavy atom. The number of nitrogens with zero attached hydrogens (tertiary/aromatic N) is 1. The van der Waals surface area contributed by atoms with Gasteiger partial charge in [0.2, 0.25) is 5.84 Å². The summed E-state index contributed by atoms with van der Waals surface area (Å²) < 4.78 is 43.1. The molecular formula is C24H29F3N2O2. The summed E-state index contributed by atoms with van der Waals surface area (Å²) in [6.07, 6.45) is 2.28. The molecule has 168 valence electrons. The van der Waals surface area contributed by atoms with E-state index >= 15 is 0 Å². The van der Waals surface area contributed by atoms with Crippen LogP contribution < -0.4 is 10.4 Å². The highest BCUT2D eigenvalue weighted by Crippen LogP contribution is 2.46. The molecule has 1 atom stereocenters. The number of benzene rings is 2. The summed E-state index contributed by atoms with van der Waals surface area (Å²) >= 11 is 0. The highest BCUT2D eigenvalue weighted by Gasteiger charge is 2.53. The average molecular weight is 435 g/mol. The summed E-state index contributed by atoms with van der Waals surface area (Å²) in [5, 5.41) is 23.8. The van der Waals surface area contributed by atoms with E-state index in [1.165, 1.54) is 94.0 Å². The molecule has 7 heteroatoms. The highest BCUT2D eigenvalue weighted by atomic mass is 19.4. The number of alkyl halides is 3. The number of amidine groups is 1. The van der Waals surface area contributed by atoms with E-state index < -0.39 is 11.6 Å². The van der Waals surface area contributed by atoms with Crippen molar-refractivity contribution in [3.8, 4) is 11.5 Å². The Balaban J connectivity index is 0.000000207. The molecule has 2 aromatic rings. The molecule has 0 saturated carbocycles. The molecule has 0 amide bonds. The molecule has 2 aliphatic rings. The van der Waals surface area contributed by atoms with E-state index in [-0.39, 0.29) is 22.6 Å². The molecule has 1 unspecified atom stereocenters. The van der Waals surface area contributed by atoms with Crippen LogP contribution in [-0.2, 0) is 5.41 Å². The summed E-state index contributed by atoms with van der Waals surface area (Å²) in [6, 6.07) is 9.47. The summed E-state index contributed by atoms with van der Waals surface area (Å²) in [7, 11) is 0. The standard InChI is InChI=1S/C15H13F3O2.C9H16N2/c1-14(15(16,17)18,10-2-6-12(19)7-3-10)11-4-8-13(20)9-5-11;1-2-5-9-10-6-4-8-11(9)7-3-1/h2-9,19-20H,1H3;1-8H2. The minimum Gasteiger partial charge on any atom is -0.872 e. The fraction of sp³-hybridized carbons (Fsp3) is 0.458. The van der Waals surface area contributed by atoms with Crippen LogP contribution in [0, 0.1) is 0 Å². The van der Waals surface area contributed by atoms with Crippen molar-refractivity contribution in [1.29, 1.82) is 0 Å². The number of hydrogen-bond donors (Lipinski definition) is 2. The van der Waals surface area contributed by atoms with E-state index in [1.807, 2.05) is 0 Å². The quantitative estimate of drug-likeness (QED) is 0.693. The van der Waals surface area contributed by atoms with Crippen molar-refractivity contribution in [1.82, 2.24) is 5.32 Å². The molecule has 0 bridgehead atoms. The fourth-order valence-corrected chi connectivity index (χ4v) is 4.09. The van der Waals surface area contributed by atoms with Crippen molar-refractivity contribution in [2.45, 2.75) is 50.6 Å². The molecule has 2 N–H and O–H groups in total. The number of phenols is 1. The minimum absolute atomic E-state index is 0.00134. The van der Waals surface area contributed by atoms with Gasteiger partial charge in [0.15, 0.2) is 0 Å². The van der Waals surface area contributed by atoms with Crippen LogP contribution in [0.4, 0.5) is 13.2 Å². The van der Waals surface area contributed by atoms with E-state index in [1.54, 1.807) is 0 Å². The Kier molecular flexibility index (Phi) is 7.13. The van der Waals surface area contributed by atoms with Crippen LogP contribution in [0.5, 0.6) is 11.5 Å². The highest BCUT2D eigenvalue weighted by molar-refractivity contribution is 5.77. The van der Waals surface area contributed by atoms with E-state index in [0.717, 1.165) is 19.1 Å².